The topological polar surface area (TPSA) is 69.4 Å². The number of aromatic nitrogens is 4. The van der Waals surface area contributed by atoms with Crippen LogP contribution >= 0.6 is 11.6 Å². The minimum atomic E-state index is -0.419. The number of tetrazole rings is 1. The van der Waals surface area contributed by atoms with Crippen LogP contribution in [0.5, 0.6) is 0 Å². The first-order valence-corrected chi connectivity index (χ1v) is 7.55. The van der Waals surface area contributed by atoms with Crippen LogP contribution in [0.25, 0.3) is 16.8 Å². The van der Waals surface area contributed by atoms with E-state index in [1.807, 2.05) is 25.2 Å². The lowest BCUT2D eigenvalue weighted by molar-refractivity contribution is 0.0501. The number of halogens is 1. The van der Waals surface area contributed by atoms with Crippen molar-refractivity contribution >= 4 is 34.3 Å². The van der Waals surface area contributed by atoms with Gasteiger partial charge in [0.2, 0.25) is 0 Å². The molecular weight excluding hydrogens is 304 g/mol. The van der Waals surface area contributed by atoms with Gasteiger partial charge in [0.25, 0.3) is 0 Å². The first kappa shape index (κ1) is 14.7. The average Bonchev–Trinajstić information content (AvgIpc) is 2.92. The number of allylic oxidation sites excluding steroid dienone is 2. The molecule has 0 aliphatic heterocycles. The van der Waals surface area contributed by atoms with Crippen molar-refractivity contribution in [2.24, 2.45) is 0 Å². The number of esters is 1. The molecule has 0 spiro atoms. The lowest BCUT2D eigenvalue weighted by Gasteiger charge is -2.05. The number of carbonyl (C=O) groups is 1. The third-order valence-corrected chi connectivity index (χ3v) is 3.72. The summed E-state index contributed by atoms with van der Waals surface area (Å²) in [5, 5.41) is 13.6. The summed E-state index contributed by atoms with van der Waals surface area (Å²) in [7, 11) is 0. The highest BCUT2D eigenvalue weighted by Crippen LogP contribution is 2.09. The van der Waals surface area contributed by atoms with E-state index in [4.69, 9.17) is 16.3 Å². The lowest BCUT2D eigenvalue weighted by Crippen LogP contribution is -2.35. The van der Waals surface area contributed by atoms with Crippen LogP contribution in [0, 0.1) is 0 Å². The smallest absolute Gasteiger partial charge is 0.342 e. The number of ether oxygens (including phenoxy) is 1. The van der Waals surface area contributed by atoms with Gasteiger partial charge in [0, 0.05) is 0 Å². The number of nitrogens with zero attached hydrogens (tertiary/aromatic N) is 4. The highest BCUT2D eigenvalue weighted by molar-refractivity contribution is 6.47. The third-order valence-electron chi connectivity index (χ3n) is 3.41. The first-order chi connectivity index (χ1) is 10.7. The van der Waals surface area contributed by atoms with Gasteiger partial charge in [-0.25, -0.2) is 4.79 Å². The van der Waals surface area contributed by atoms with E-state index >= 15 is 0 Å². The highest BCUT2D eigenvalue weighted by atomic mass is 35.5. The second-order valence-electron chi connectivity index (χ2n) is 4.96. The van der Waals surface area contributed by atoms with Gasteiger partial charge in [-0.3, -0.25) is 0 Å². The number of pyridine rings is 1. The van der Waals surface area contributed by atoms with E-state index in [1.54, 1.807) is 6.07 Å². The van der Waals surface area contributed by atoms with Gasteiger partial charge in [0.15, 0.2) is 5.65 Å². The molecule has 0 atom stereocenters. The Morgan fingerprint density at radius 1 is 1.50 bits per heavy atom. The quantitative estimate of drug-likeness (QED) is 0.625. The molecule has 0 N–H and O–H groups in total. The second kappa shape index (κ2) is 6.27. The van der Waals surface area contributed by atoms with Crippen LogP contribution < -0.4 is 10.6 Å². The molecule has 2 heterocycles. The predicted octanol–water partition coefficient (Wildman–Crippen LogP) is 1.17. The van der Waals surface area contributed by atoms with Crippen LogP contribution in [-0.2, 0) is 4.74 Å². The molecule has 2 aromatic heterocycles. The Balaban J connectivity index is 2.18. The summed E-state index contributed by atoms with van der Waals surface area (Å²) in [5.41, 5.74) is 0.699. The van der Waals surface area contributed by atoms with Crippen molar-refractivity contribution in [2.75, 3.05) is 6.61 Å². The number of carbonyl (C=O) groups excluding carboxylic acids is 1. The van der Waals surface area contributed by atoms with Gasteiger partial charge in [-0.1, -0.05) is 37.1 Å². The molecule has 1 aliphatic rings. The molecule has 0 saturated heterocycles. The summed E-state index contributed by atoms with van der Waals surface area (Å²) in [5.74, 6) is -0.419. The Morgan fingerprint density at radius 2 is 2.36 bits per heavy atom. The normalized spacial score (nSPS) is 13.6. The molecule has 0 amide bonds. The van der Waals surface area contributed by atoms with Gasteiger partial charge in [-0.2, -0.15) is 4.52 Å². The summed E-state index contributed by atoms with van der Waals surface area (Å²) in [6, 6.07) is 1.74. The number of unbranched alkanes of at least 4 members (excludes halogenated alkanes) is 1. The summed E-state index contributed by atoms with van der Waals surface area (Å²) < 4.78 is 6.76. The van der Waals surface area contributed by atoms with Gasteiger partial charge in [-0.05, 0) is 40.6 Å². The number of hydrogen-bond acceptors (Lipinski definition) is 5. The third kappa shape index (κ3) is 2.62. The molecule has 6 nitrogen and oxygen atoms in total. The van der Waals surface area contributed by atoms with Crippen LogP contribution in [0.15, 0.2) is 18.2 Å². The van der Waals surface area contributed by atoms with Crippen molar-refractivity contribution in [3.63, 3.8) is 0 Å². The minimum absolute atomic E-state index is 0.349. The molecule has 3 rings (SSSR count). The van der Waals surface area contributed by atoms with Gasteiger partial charge < -0.3 is 4.74 Å². The Labute approximate surface area is 131 Å². The van der Waals surface area contributed by atoms with Crippen molar-refractivity contribution < 1.29 is 9.53 Å². The zero-order chi connectivity index (χ0) is 15.5. The summed E-state index contributed by atoms with van der Waals surface area (Å²) in [4.78, 5) is 12.3. The van der Waals surface area contributed by atoms with Gasteiger partial charge in [0.1, 0.15) is 5.56 Å². The Bertz CT molecular complexity index is 870. The summed E-state index contributed by atoms with van der Waals surface area (Å²) in [6.45, 7) is 2.43. The average molecular weight is 319 g/mol. The maximum Gasteiger partial charge on any atom is 0.342 e. The maximum atomic E-state index is 12.3. The molecule has 0 saturated carbocycles. The van der Waals surface area contributed by atoms with E-state index in [0.717, 1.165) is 24.5 Å². The van der Waals surface area contributed by atoms with E-state index < -0.39 is 5.97 Å². The van der Waals surface area contributed by atoms with Crippen molar-refractivity contribution in [2.45, 2.75) is 26.2 Å². The van der Waals surface area contributed by atoms with E-state index in [2.05, 4.69) is 15.5 Å². The zero-order valence-electron chi connectivity index (χ0n) is 12.1. The Hall–Kier alpha value is -2.21. The molecule has 1 aliphatic carbocycles. The van der Waals surface area contributed by atoms with E-state index in [0.29, 0.717) is 28.2 Å². The van der Waals surface area contributed by atoms with Crippen LogP contribution in [0.4, 0.5) is 0 Å². The van der Waals surface area contributed by atoms with Gasteiger partial charge in [0.05, 0.1) is 17.0 Å². The van der Waals surface area contributed by atoms with Crippen molar-refractivity contribution in [1.29, 1.82) is 0 Å². The molecule has 0 aromatic carbocycles. The molecule has 7 heteroatoms. The van der Waals surface area contributed by atoms with Crippen molar-refractivity contribution in [1.82, 2.24) is 20.0 Å². The molecule has 0 radical (unpaired) electrons. The van der Waals surface area contributed by atoms with Crippen LogP contribution in [0.3, 0.4) is 0 Å². The zero-order valence-corrected chi connectivity index (χ0v) is 12.9. The standard InChI is InChI=1S/C15H15ClN4O2/c1-2-3-8-22-15(21)11-9-10-6-4-5-7-12(16)13(10)20-14(11)17-18-19-20/h5-7,9H,2-4,8H2,1H3. The van der Waals surface area contributed by atoms with Crippen LogP contribution in [-0.4, -0.2) is 32.6 Å². The molecule has 2 aromatic rings. The van der Waals surface area contributed by atoms with Gasteiger partial charge >= 0.3 is 5.97 Å². The summed E-state index contributed by atoms with van der Waals surface area (Å²) in [6.07, 6.45) is 8.24. The number of fused-ring (bicyclic) bond motifs is 3. The van der Waals surface area contributed by atoms with E-state index in [-0.39, 0.29) is 0 Å². The fraction of sp³-hybridized carbons (Fsp3) is 0.333. The SMILES string of the molecule is CCCCOC(=O)c1cc2c(n3nnnc13)=C(Cl)C=CCC=2. The second-order valence-corrected chi connectivity index (χ2v) is 5.36. The number of hydrogen-bond donors (Lipinski definition) is 0. The van der Waals surface area contributed by atoms with E-state index in [9.17, 15) is 4.79 Å². The highest BCUT2D eigenvalue weighted by Gasteiger charge is 2.17. The fourth-order valence-corrected chi connectivity index (χ4v) is 2.57. The van der Waals surface area contributed by atoms with Crippen LogP contribution in [0.1, 0.15) is 36.5 Å². The molecular formula is C15H15ClN4O2. The number of rotatable bonds is 4. The summed E-state index contributed by atoms with van der Waals surface area (Å²) >= 11 is 6.30. The first-order valence-electron chi connectivity index (χ1n) is 7.17. The van der Waals surface area contributed by atoms with Crippen molar-refractivity contribution in [3.8, 4) is 0 Å². The minimum Gasteiger partial charge on any atom is -0.462 e. The Morgan fingerprint density at radius 3 is 3.18 bits per heavy atom. The monoisotopic (exact) mass is 318 g/mol. The molecule has 114 valence electrons. The molecule has 0 fully saturated rings. The predicted molar refractivity (Wildman–Crippen MR) is 82.7 cm³/mol. The fourth-order valence-electron chi connectivity index (χ4n) is 2.29. The molecule has 0 bridgehead atoms. The Kier molecular flexibility index (Phi) is 4.20. The maximum absolute atomic E-state index is 12.3. The molecule has 22 heavy (non-hydrogen) atoms. The van der Waals surface area contributed by atoms with Gasteiger partial charge in [-0.15, -0.1) is 5.10 Å². The largest absolute Gasteiger partial charge is 0.462 e. The van der Waals surface area contributed by atoms with Crippen molar-refractivity contribution in [3.05, 3.63) is 34.3 Å². The van der Waals surface area contributed by atoms with Crippen LogP contribution in [0.2, 0.25) is 0 Å². The van der Waals surface area contributed by atoms with E-state index in [1.165, 1.54) is 4.52 Å². The lowest BCUT2D eigenvalue weighted by atomic mass is 10.2. The molecule has 0 unspecified atom stereocenters.